The third kappa shape index (κ3) is 4.82. The fourth-order valence-corrected chi connectivity index (χ4v) is 4.28. The van der Waals surface area contributed by atoms with Crippen molar-refractivity contribution < 1.29 is 13.6 Å². The summed E-state index contributed by atoms with van der Waals surface area (Å²) in [6.07, 6.45) is 0.329. The van der Waals surface area contributed by atoms with E-state index in [0.29, 0.717) is 21.3 Å². The molecule has 1 aromatic carbocycles. The molecular formula is C19H15Cl4F2N5O. The zero-order valence-electron chi connectivity index (χ0n) is 15.8. The van der Waals surface area contributed by atoms with Crippen LogP contribution in [0, 0.1) is 0 Å². The zero-order chi connectivity index (χ0) is 22.3. The summed E-state index contributed by atoms with van der Waals surface area (Å²) in [6, 6.07) is 5.14. The highest BCUT2D eigenvalue weighted by molar-refractivity contribution is 6.36. The van der Waals surface area contributed by atoms with E-state index in [1.807, 2.05) is 0 Å². The topological polar surface area (TPSA) is 64.7 Å². The van der Waals surface area contributed by atoms with Crippen LogP contribution in [0.25, 0.3) is 0 Å². The molecule has 164 valence electrons. The van der Waals surface area contributed by atoms with Crippen molar-refractivity contribution in [3.8, 4) is 0 Å². The first-order valence-corrected chi connectivity index (χ1v) is 10.8. The van der Waals surface area contributed by atoms with Gasteiger partial charge in [0.2, 0.25) is 5.91 Å². The molecule has 1 N–H and O–H groups in total. The summed E-state index contributed by atoms with van der Waals surface area (Å²) in [7, 11) is 0. The number of rotatable bonds is 7. The summed E-state index contributed by atoms with van der Waals surface area (Å²) < 4.78 is 29.1. The summed E-state index contributed by atoms with van der Waals surface area (Å²) in [6.45, 7) is -0.0513. The largest absolute Gasteiger partial charge is 0.306 e. The molecule has 0 atom stereocenters. The van der Waals surface area contributed by atoms with Gasteiger partial charge in [0, 0.05) is 27.7 Å². The lowest BCUT2D eigenvalue weighted by atomic mass is 10.2. The number of alkyl halides is 2. The molecule has 31 heavy (non-hydrogen) atoms. The van der Waals surface area contributed by atoms with Crippen molar-refractivity contribution >= 4 is 58.1 Å². The summed E-state index contributed by atoms with van der Waals surface area (Å²) in [4.78, 5) is 12.5. The van der Waals surface area contributed by atoms with Gasteiger partial charge in [-0.2, -0.15) is 10.2 Å². The smallest absolute Gasteiger partial charge is 0.283 e. The van der Waals surface area contributed by atoms with Crippen molar-refractivity contribution in [3.63, 3.8) is 0 Å². The normalized spacial score (nSPS) is 13.8. The molecule has 0 bridgehead atoms. The first-order valence-electron chi connectivity index (χ1n) is 9.24. The Hall–Kier alpha value is -1.87. The van der Waals surface area contributed by atoms with Crippen molar-refractivity contribution in [1.82, 2.24) is 19.6 Å². The molecule has 1 fully saturated rings. The molecule has 4 rings (SSSR count). The van der Waals surface area contributed by atoms with Gasteiger partial charge in [0.1, 0.15) is 17.3 Å². The second-order valence-corrected chi connectivity index (χ2v) is 8.69. The number of amides is 1. The van der Waals surface area contributed by atoms with Gasteiger partial charge in [0.25, 0.3) is 6.43 Å². The van der Waals surface area contributed by atoms with Gasteiger partial charge in [-0.15, -0.1) is 0 Å². The molecule has 0 aliphatic heterocycles. The fraction of sp³-hybridized carbons (Fsp3) is 0.316. The Bertz CT molecular complexity index is 1120. The minimum atomic E-state index is -2.82. The Morgan fingerprint density at radius 3 is 2.42 bits per heavy atom. The van der Waals surface area contributed by atoms with Crippen LogP contribution >= 0.6 is 46.4 Å². The molecule has 12 heteroatoms. The number of aromatic nitrogens is 4. The van der Waals surface area contributed by atoms with E-state index in [9.17, 15) is 13.6 Å². The summed E-state index contributed by atoms with van der Waals surface area (Å²) in [5.41, 5.74) is 0.593. The lowest BCUT2D eigenvalue weighted by Crippen LogP contribution is -2.21. The van der Waals surface area contributed by atoms with Crippen LogP contribution in [0.2, 0.25) is 20.1 Å². The summed E-state index contributed by atoms with van der Waals surface area (Å²) >= 11 is 24.6. The van der Waals surface area contributed by atoms with Gasteiger partial charge < -0.3 is 5.32 Å². The Kier molecular flexibility index (Phi) is 6.44. The van der Waals surface area contributed by atoms with Crippen molar-refractivity contribution in [1.29, 1.82) is 0 Å². The minimum absolute atomic E-state index is 0.0310. The van der Waals surface area contributed by atoms with E-state index >= 15 is 0 Å². The first-order chi connectivity index (χ1) is 14.7. The number of carbonyl (C=O) groups excluding carboxylic acids is 1. The van der Waals surface area contributed by atoms with E-state index in [1.54, 1.807) is 18.2 Å². The highest BCUT2D eigenvalue weighted by Gasteiger charge is 2.34. The quantitative estimate of drug-likeness (QED) is 0.413. The number of benzene rings is 1. The number of nitrogens with zero attached hydrogens (tertiary/aromatic N) is 4. The van der Waals surface area contributed by atoms with Gasteiger partial charge in [-0.1, -0.05) is 52.5 Å². The summed E-state index contributed by atoms with van der Waals surface area (Å²) in [5, 5.41) is 11.7. The second-order valence-electron chi connectivity index (χ2n) is 7.09. The molecule has 0 radical (unpaired) electrons. The Morgan fingerprint density at radius 2 is 1.81 bits per heavy atom. The predicted molar refractivity (Wildman–Crippen MR) is 116 cm³/mol. The van der Waals surface area contributed by atoms with Crippen LogP contribution in [-0.4, -0.2) is 25.5 Å². The number of hydrogen-bond donors (Lipinski definition) is 1. The lowest BCUT2D eigenvalue weighted by Gasteiger charge is -2.08. The van der Waals surface area contributed by atoms with E-state index in [0.717, 1.165) is 12.8 Å². The number of anilines is 1. The number of halogens is 6. The van der Waals surface area contributed by atoms with Crippen molar-refractivity contribution in [2.45, 2.75) is 38.3 Å². The average molecular weight is 509 g/mol. The maximum absolute atomic E-state index is 13.2. The molecule has 0 saturated heterocycles. The van der Waals surface area contributed by atoms with Crippen LogP contribution in [0.4, 0.5) is 14.6 Å². The van der Waals surface area contributed by atoms with E-state index in [2.05, 4.69) is 15.5 Å². The van der Waals surface area contributed by atoms with Crippen LogP contribution in [0.1, 0.15) is 42.1 Å². The monoisotopic (exact) mass is 507 g/mol. The Balaban J connectivity index is 1.49. The Morgan fingerprint density at radius 1 is 1.13 bits per heavy atom. The lowest BCUT2D eigenvalue weighted by molar-refractivity contribution is -0.117. The molecule has 2 heterocycles. The predicted octanol–water partition coefficient (Wildman–Crippen LogP) is 6.20. The number of nitrogens with one attached hydrogen (secondary N) is 1. The molecule has 1 aliphatic rings. The highest BCUT2D eigenvalue weighted by atomic mass is 35.5. The van der Waals surface area contributed by atoms with Crippen LogP contribution in [0.3, 0.4) is 0 Å². The second kappa shape index (κ2) is 8.94. The van der Waals surface area contributed by atoms with Crippen molar-refractivity contribution in [2.75, 3.05) is 5.32 Å². The standard InChI is InChI=1S/C19H15Cl4F2N5O/c20-11-2-1-3-12(21)10(11)6-29-7-13(22)19(28-29)26-14(31)8-30-17(9-4-5-9)15(23)16(27-30)18(24)25/h1-3,7,9,18H,4-6,8H2,(H,26,28,31). The van der Waals surface area contributed by atoms with Gasteiger partial charge in [0.15, 0.2) is 5.82 Å². The molecule has 6 nitrogen and oxygen atoms in total. The number of hydrogen-bond acceptors (Lipinski definition) is 3. The molecule has 1 saturated carbocycles. The number of carbonyl (C=O) groups is 1. The minimum Gasteiger partial charge on any atom is -0.306 e. The van der Waals surface area contributed by atoms with E-state index < -0.39 is 18.0 Å². The van der Waals surface area contributed by atoms with Gasteiger partial charge in [-0.25, -0.2) is 8.78 Å². The van der Waals surface area contributed by atoms with Gasteiger partial charge in [-0.3, -0.25) is 14.2 Å². The molecule has 0 unspecified atom stereocenters. The maximum atomic E-state index is 13.2. The average Bonchev–Trinajstić information content (AvgIpc) is 3.39. The molecule has 2 aromatic heterocycles. The molecule has 1 aliphatic carbocycles. The van der Waals surface area contributed by atoms with Crippen molar-refractivity contribution in [2.24, 2.45) is 0 Å². The zero-order valence-corrected chi connectivity index (χ0v) is 18.8. The fourth-order valence-electron chi connectivity index (χ4n) is 3.19. The van der Waals surface area contributed by atoms with E-state index in [4.69, 9.17) is 46.4 Å². The molecule has 1 amide bonds. The Labute approximate surface area is 196 Å². The van der Waals surface area contributed by atoms with Crippen LogP contribution < -0.4 is 5.32 Å². The van der Waals surface area contributed by atoms with Crippen LogP contribution in [-0.2, 0) is 17.9 Å². The highest BCUT2D eigenvalue weighted by Crippen LogP contribution is 2.45. The third-order valence-corrected chi connectivity index (χ3v) is 6.15. The molecular weight excluding hydrogens is 494 g/mol. The van der Waals surface area contributed by atoms with Gasteiger partial charge in [-0.05, 0) is 25.0 Å². The van der Waals surface area contributed by atoms with E-state index in [1.165, 1.54) is 15.6 Å². The van der Waals surface area contributed by atoms with Gasteiger partial charge in [0.05, 0.1) is 17.3 Å². The van der Waals surface area contributed by atoms with Gasteiger partial charge >= 0.3 is 0 Å². The third-order valence-electron chi connectivity index (χ3n) is 4.78. The first kappa shape index (κ1) is 22.3. The molecule has 3 aromatic rings. The molecule has 0 spiro atoms. The van der Waals surface area contributed by atoms with Crippen molar-refractivity contribution in [3.05, 3.63) is 61.4 Å². The SMILES string of the molecule is O=C(Cn1nc(C(F)F)c(Cl)c1C1CC1)Nc1nn(Cc2c(Cl)cccc2Cl)cc1Cl. The maximum Gasteiger partial charge on any atom is 0.283 e. The summed E-state index contributed by atoms with van der Waals surface area (Å²) in [5.74, 6) is -0.372. The van der Waals surface area contributed by atoms with Crippen LogP contribution in [0.15, 0.2) is 24.4 Å². The van der Waals surface area contributed by atoms with Crippen LogP contribution in [0.5, 0.6) is 0 Å². The van der Waals surface area contributed by atoms with E-state index in [-0.39, 0.29) is 34.9 Å².